The molecule has 0 bridgehead atoms. The second-order valence-corrected chi connectivity index (χ2v) is 5.62. The van der Waals surface area contributed by atoms with E-state index in [0.29, 0.717) is 10.6 Å². The van der Waals surface area contributed by atoms with Crippen LogP contribution in [0.25, 0.3) is 10.1 Å². The van der Waals surface area contributed by atoms with Gasteiger partial charge >= 0.3 is 0 Å². The number of hydrogen-bond donors (Lipinski definition) is 1. The molecule has 19 heavy (non-hydrogen) atoms. The third-order valence-electron chi connectivity index (χ3n) is 3.16. The van der Waals surface area contributed by atoms with Gasteiger partial charge in [0.2, 0.25) is 0 Å². The number of thiophene rings is 1. The third-order valence-corrected chi connectivity index (χ3v) is 4.47. The van der Waals surface area contributed by atoms with Gasteiger partial charge in [-0.1, -0.05) is 35.9 Å². The first-order chi connectivity index (χ1) is 9.18. The third kappa shape index (κ3) is 2.14. The van der Waals surface area contributed by atoms with E-state index in [9.17, 15) is 4.39 Å². The first-order valence-electron chi connectivity index (χ1n) is 5.84. The highest BCUT2D eigenvalue weighted by Crippen LogP contribution is 2.35. The molecule has 3 aromatic rings. The second kappa shape index (κ2) is 4.93. The van der Waals surface area contributed by atoms with Crippen molar-refractivity contribution in [2.75, 3.05) is 0 Å². The minimum Gasteiger partial charge on any atom is -0.320 e. The van der Waals surface area contributed by atoms with Crippen LogP contribution >= 0.6 is 22.9 Å². The van der Waals surface area contributed by atoms with Gasteiger partial charge in [0.25, 0.3) is 0 Å². The molecule has 0 aliphatic rings. The van der Waals surface area contributed by atoms with Gasteiger partial charge < -0.3 is 5.73 Å². The van der Waals surface area contributed by atoms with Crippen molar-refractivity contribution in [2.24, 2.45) is 5.73 Å². The summed E-state index contributed by atoms with van der Waals surface area (Å²) in [6.07, 6.45) is 0. The molecule has 1 aromatic heterocycles. The molecule has 1 heterocycles. The molecule has 0 amide bonds. The molecule has 0 saturated heterocycles. The number of benzene rings is 2. The van der Waals surface area contributed by atoms with E-state index in [1.54, 1.807) is 23.5 Å². The Morgan fingerprint density at radius 2 is 1.89 bits per heavy atom. The maximum absolute atomic E-state index is 13.9. The maximum atomic E-state index is 13.9. The summed E-state index contributed by atoms with van der Waals surface area (Å²) in [4.78, 5) is 0. The second-order valence-electron chi connectivity index (χ2n) is 4.30. The zero-order chi connectivity index (χ0) is 13.4. The molecular formula is C15H11ClFNS. The highest BCUT2D eigenvalue weighted by atomic mass is 35.5. The van der Waals surface area contributed by atoms with E-state index in [1.165, 1.54) is 6.07 Å². The van der Waals surface area contributed by atoms with Gasteiger partial charge in [0.15, 0.2) is 0 Å². The van der Waals surface area contributed by atoms with Gasteiger partial charge in [-0.25, -0.2) is 4.39 Å². The lowest BCUT2D eigenvalue weighted by Crippen LogP contribution is -2.13. The number of rotatable bonds is 2. The smallest absolute Gasteiger partial charge is 0.129 e. The van der Waals surface area contributed by atoms with Crippen molar-refractivity contribution < 1.29 is 4.39 Å². The van der Waals surface area contributed by atoms with E-state index in [-0.39, 0.29) is 5.82 Å². The lowest BCUT2D eigenvalue weighted by atomic mass is 9.98. The van der Waals surface area contributed by atoms with E-state index >= 15 is 0 Å². The monoisotopic (exact) mass is 291 g/mol. The Balaban J connectivity index is 2.16. The minimum absolute atomic E-state index is 0.354. The van der Waals surface area contributed by atoms with Crippen LogP contribution < -0.4 is 5.73 Å². The molecule has 96 valence electrons. The normalized spacial score (nSPS) is 12.8. The minimum atomic E-state index is -0.551. The van der Waals surface area contributed by atoms with Crippen LogP contribution in [0, 0.1) is 5.82 Å². The van der Waals surface area contributed by atoms with E-state index < -0.39 is 6.04 Å². The van der Waals surface area contributed by atoms with Gasteiger partial charge in [0, 0.05) is 15.3 Å². The molecule has 1 unspecified atom stereocenters. The summed E-state index contributed by atoms with van der Waals surface area (Å²) in [6, 6.07) is 12.0. The van der Waals surface area contributed by atoms with E-state index in [4.69, 9.17) is 17.3 Å². The van der Waals surface area contributed by atoms with Crippen molar-refractivity contribution >= 4 is 33.0 Å². The topological polar surface area (TPSA) is 26.0 Å². The number of nitrogens with two attached hydrogens (primary N) is 1. The zero-order valence-corrected chi connectivity index (χ0v) is 11.5. The van der Waals surface area contributed by atoms with Gasteiger partial charge in [0.1, 0.15) is 5.82 Å². The average Bonchev–Trinajstić information content (AvgIpc) is 2.82. The van der Waals surface area contributed by atoms with Gasteiger partial charge in [0.05, 0.1) is 6.04 Å². The van der Waals surface area contributed by atoms with Gasteiger partial charge in [-0.2, -0.15) is 0 Å². The lowest BCUT2D eigenvalue weighted by Gasteiger charge is -2.14. The summed E-state index contributed by atoms with van der Waals surface area (Å²) >= 11 is 7.68. The quantitative estimate of drug-likeness (QED) is 0.725. The van der Waals surface area contributed by atoms with Crippen LogP contribution in [0.4, 0.5) is 4.39 Å². The van der Waals surface area contributed by atoms with E-state index in [2.05, 4.69) is 0 Å². The molecule has 0 aliphatic heterocycles. The summed E-state index contributed by atoms with van der Waals surface area (Å²) in [6.45, 7) is 0. The molecule has 0 fully saturated rings. The van der Waals surface area contributed by atoms with E-state index in [1.807, 2.05) is 29.6 Å². The summed E-state index contributed by atoms with van der Waals surface area (Å²) < 4.78 is 15.1. The van der Waals surface area contributed by atoms with Crippen molar-refractivity contribution in [1.29, 1.82) is 0 Å². The van der Waals surface area contributed by atoms with Crippen molar-refractivity contribution in [2.45, 2.75) is 6.04 Å². The Labute approximate surface area is 119 Å². The number of hydrogen-bond acceptors (Lipinski definition) is 2. The Kier molecular flexibility index (Phi) is 3.27. The van der Waals surface area contributed by atoms with Crippen molar-refractivity contribution in [3.8, 4) is 0 Å². The molecule has 4 heteroatoms. The Morgan fingerprint density at radius 3 is 2.68 bits per heavy atom. The predicted octanol–water partition coefficient (Wildman–Crippen LogP) is 4.74. The lowest BCUT2D eigenvalue weighted by molar-refractivity contribution is 0.600. The molecule has 0 spiro atoms. The molecule has 3 rings (SSSR count). The van der Waals surface area contributed by atoms with Crippen LogP contribution in [0.5, 0.6) is 0 Å². The number of halogens is 2. The molecule has 0 aliphatic carbocycles. The fourth-order valence-corrected chi connectivity index (χ4v) is 3.48. The van der Waals surface area contributed by atoms with E-state index in [0.717, 1.165) is 15.6 Å². The Morgan fingerprint density at radius 1 is 1.11 bits per heavy atom. The highest BCUT2D eigenvalue weighted by Gasteiger charge is 2.19. The van der Waals surface area contributed by atoms with Crippen molar-refractivity contribution in [3.05, 3.63) is 69.8 Å². The Bertz CT molecular complexity index is 718. The summed E-state index contributed by atoms with van der Waals surface area (Å²) in [5.41, 5.74) is 7.47. The van der Waals surface area contributed by atoms with Crippen LogP contribution in [0.2, 0.25) is 5.02 Å². The van der Waals surface area contributed by atoms with Crippen LogP contribution in [-0.4, -0.2) is 0 Å². The van der Waals surface area contributed by atoms with Gasteiger partial charge in [-0.15, -0.1) is 11.3 Å². The largest absolute Gasteiger partial charge is 0.320 e. The number of fused-ring (bicyclic) bond motifs is 1. The van der Waals surface area contributed by atoms with Crippen LogP contribution in [0.1, 0.15) is 17.2 Å². The van der Waals surface area contributed by atoms with Crippen molar-refractivity contribution in [1.82, 2.24) is 0 Å². The van der Waals surface area contributed by atoms with Gasteiger partial charge in [-0.3, -0.25) is 0 Å². The van der Waals surface area contributed by atoms with Crippen LogP contribution in [-0.2, 0) is 0 Å². The molecule has 2 N–H and O–H groups in total. The first-order valence-corrected chi connectivity index (χ1v) is 7.10. The molecule has 2 aromatic carbocycles. The average molecular weight is 292 g/mol. The molecule has 0 radical (unpaired) electrons. The fourth-order valence-electron chi connectivity index (χ4n) is 2.20. The predicted molar refractivity (Wildman–Crippen MR) is 79.3 cm³/mol. The first kappa shape index (κ1) is 12.6. The maximum Gasteiger partial charge on any atom is 0.129 e. The summed E-state index contributed by atoms with van der Waals surface area (Å²) in [5.74, 6) is -0.365. The SMILES string of the molecule is NC(c1c(F)cccc1Cl)c1csc2ccccc12. The summed E-state index contributed by atoms with van der Waals surface area (Å²) in [7, 11) is 0. The summed E-state index contributed by atoms with van der Waals surface area (Å²) in [5, 5.41) is 3.39. The molecule has 1 atom stereocenters. The van der Waals surface area contributed by atoms with Crippen LogP contribution in [0.3, 0.4) is 0 Å². The Hall–Kier alpha value is -1.42. The molecule has 1 nitrogen and oxygen atoms in total. The molecule has 0 saturated carbocycles. The fraction of sp³-hybridized carbons (Fsp3) is 0.0667. The van der Waals surface area contributed by atoms with Crippen LogP contribution in [0.15, 0.2) is 47.8 Å². The van der Waals surface area contributed by atoms with Gasteiger partial charge in [-0.05, 0) is 34.5 Å². The van der Waals surface area contributed by atoms with Crippen molar-refractivity contribution in [3.63, 3.8) is 0 Å². The molecular weight excluding hydrogens is 281 g/mol. The standard InChI is InChI=1S/C15H11ClFNS/c16-11-5-3-6-12(17)14(11)15(18)10-8-19-13-7-2-1-4-9(10)13/h1-8,15H,18H2. The zero-order valence-electron chi connectivity index (χ0n) is 9.94. The highest BCUT2D eigenvalue weighted by molar-refractivity contribution is 7.17.